The average Bonchev–Trinajstić information content (AvgIpc) is 3.27. The summed E-state index contributed by atoms with van der Waals surface area (Å²) in [7, 11) is 2.89. The van der Waals surface area contributed by atoms with Gasteiger partial charge in [0.15, 0.2) is 5.79 Å². The molecule has 0 aromatic heterocycles. The molecule has 11 heteroatoms. The highest BCUT2D eigenvalue weighted by Gasteiger charge is 2.48. The Morgan fingerprint density at radius 2 is 1.60 bits per heavy atom. The van der Waals surface area contributed by atoms with Crippen molar-refractivity contribution in [3.8, 4) is 0 Å². The number of likely N-dealkylation sites (N-methyl/N-ethyl adjacent to an activating group) is 1. The van der Waals surface area contributed by atoms with Crippen molar-refractivity contribution in [2.24, 2.45) is 17.8 Å². The summed E-state index contributed by atoms with van der Waals surface area (Å²) in [5.41, 5.74) is -0.241. The fourth-order valence-corrected chi connectivity index (χ4v) is 6.78. The van der Waals surface area contributed by atoms with Gasteiger partial charge in [-0.25, -0.2) is 0 Å². The first-order chi connectivity index (χ1) is 22.9. The highest BCUT2D eigenvalue weighted by Crippen LogP contribution is 2.43. The second kappa shape index (κ2) is 21.6. The molecule has 2 aliphatic heterocycles. The number of cyclic esters (lactones) is 1. The van der Waals surface area contributed by atoms with Crippen molar-refractivity contribution in [1.82, 2.24) is 4.90 Å². The first-order valence-corrected chi connectivity index (χ1v) is 18.2. The molecule has 2 aliphatic rings. The van der Waals surface area contributed by atoms with E-state index in [0.717, 1.165) is 19.1 Å². The Morgan fingerprint density at radius 3 is 2.06 bits per heavy atom. The monoisotopic (exact) mass is 729 g/mol. The number of carbonyl (C=O) groups is 3. The standard InChI is InChI=1S/C21H36O6.C14H20ClNO2.C3H8.CH4O/c1-12-10-21(8)11-13(2)17(22)14(3)18(23)25-16(9-15(12)26-21)19(4,5)27-20(6,7)24;1-10(17)8-14(11(2)18)16(3)9-12-4-6-13(15)7-5-12;1-3-2;1-2/h12-16,24H,9-11H2,1-8H3;4-7,10,14,17H,8-9H2,1-3H3;3H2,1-2H3;2H,1H3/t12?,13?,14-,15?,16?,21+;;;/m1.../s1. The lowest BCUT2D eigenvalue weighted by Gasteiger charge is -2.39. The number of ketones is 2. The molecule has 0 spiro atoms. The summed E-state index contributed by atoms with van der Waals surface area (Å²) in [6.45, 7) is 22.5. The number of aliphatic hydroxyl groups excluding tert-OH is 2. The molecule has 8 atom stereocenters. The van der Waals surface area contributed by atoms with E-state index in [0.29, 0.717) is 30.8 Å². The van der Waals surface area contributed by atoms with Gasteiger partial charge >= 0.3 is 5.97 Å². The Bertz CT molecular complexity index is 1170. The molecule has 0 aliphatic carbocycles. The summed E-state index contributed by atoms with van der Waals surface area (Å²) in [4.78, 5) is 39.0. The third kappa shape index (κ3) is 16.6. The van der Waals surface area contributed by atoms with E-state index in [1.165, 1.54) is 6.42 Å². The van der Waals surface area contributed by atoms with Gasteiger partial charge in [0.2, 0.25) is 0 Å². The molecule has 3 rings (SSSR count). The van der Waals surface area contributed by atoms with Crippen LogP contribution in [0.3, 0.4) is 0 Å². The summed E-state index contributed by atoms with van der Waals surface area (Å²) in [6, 6.07) is 7.31. The maximum atomic E-state index is 12.7. The summed E-state index contributed by atoms with van der Waals surface area (Å²) in [5, 5.41) is 27.3. The van der Waals surface area contributed by atoms with Crippen LogP contribution in [0.2, 0.25) is 5.02 Å². The van der Waals surface area contributed by atoms with Gasteiger partial charge in [-0.05, 0) is 105 Å². The second-order valence-corrected chi connectivity index (χ2v) is 15.7. The topological polar surface area (TPSA) is 143 Å². The zero-order valence-electron chi connectivity index (χ0n) is 33.2. The van der Waals surface area contributed by atoms with E-state index in [4.69, 9.17) is 30.9 Å². The zero-order chi connectivity index (χ0) is 39.2. The molecule has 3 N–H and O–H groups in total. The molecule has 6 unspecified atom stereocenters. The minimum absolute atomic E-state index is 0.0763. The highest BCUT2D eigenvalue weighted by molar-refractivity contribution is 6.30. The van der Waals surface area contributed by atoms with Crippen LogP contribution >= 0.6 is 11.6 Å². The third-order valence-electron chi connectivity index (χ3n) is 8.73. The van der Waals surface area contributed by atoms with E-state index in [1.54, 1.807) is 48.5 Å². The van der Waals surface area contributed by atoms with Crippen LogP contribution in [0.15, 0.2) is 24.3 Å². The van der Waals surface area contributed by atoms with Gasteiger partial charge in [-0.15, -0.1) is 0 Å². The number of nitrogens with zero attached hydrogens (tertiary/aromatic N) is 1. The largest absolute Gasteiger partial charge is 0.459 e. The van der Waals surface area contributed by atoms with Crippen LogP contribution in [0.5, 0.6) is 0 Å². The van der Waals surface area contributed by atoms with Crippen LogP contribution in [0, 0.1) is 17.8 Å². The molecule has 10 nitrogen and oxygen atoms in total. The minimum atomic E-state index is -1.38. The van der Waals surface area contributed by atoms with Crippen LogP contribution < -0.4 is 0 Å². The molecule has 50 heavy (non-hydrogen) atoms. The number of carbonyl (C=O) groups excluding carboxylic acids is 3. The number of aliphatic hydroxyl groups is 3. The average molecular weight is 730 g/mol. The predicted octanol–water partition coefficient (Wildman–Crippen LogP) is 6.77. The van der Waals surface area contributed by atoms with Crippen molar-refractivity contribution in [3.05, 3.63) is 34.9 Å². The van der Waals surface area contributed by atoms with Crippen LogP contribution in [0.25, 0.3) is 0 Å². The molecule has 290 valence electrons. The van der Waals surface area contributed by atoms with Crippen molar-refractivity contribution < 1.29 is 43.9 Å². The quantitative estimate of drug-likeness (QED) is 0.142. The number of fused-ring (bicyclic) bond motifs is 2. The van der Waals surface area contributed by atoms with Gasteiger partial charge in [-0.1, -0.05) is 57.8 Å². The molecule has 0 radical (unpaired) electrons. The summed E-state index contributed by atoms with van der Waals surface area (Å²) < 4.78 is 18.0. The van der Waals surface area contributed by atoms with Crippen molar-refractivity contribution in [2.75, 3.05) is 14.2 Å². The van der Waals surface area contributed by atoms with E-state index in [2.05, 4.69) is 20.8 Å². The van der Waals surface area contributed by atoms with E-state index < -0.39 is 41.1 Å². The molecule has 2 heterocycles. The number of rotatable bonds is 9. The molecule has 2 saturated heterocycles. The maximum Gasteiger partial charge on any atom is 0.316 e. The summed E-state index contributed by atoms with van der Waals surface area (Å²) >= 11 is 5.83. The molecule has 2 fully saturated rings. The molecule has 0 amide bonds. The third-order valence-corrected chi connectivity index (χ3v) is 8.98. The van der Waals surface area contributed by atoms with Crippen molar-refractivity contribution in [1.29, 1.82) is 0 Å². The Balaban J connectivity index is 0.000000903. The van der Waals surface area contributed by atoms with Crippen molar-refractivity contribution >= 4 is 29.1 Å². The van der Waals surface area contributed by atoms with Gasteiger partial charge in [-0.2, -0.15) is 0 Å². The molecule has 1 aromatic rings. The van der Waals surface area contributed by atoms with Crippen LogP contribution in [-0.2, 0) is 35.1 Å². The molecule has 1 aromatic carbocycles. The minimum Gasteiger partial charge on any atom is -0.459 e. The van der Waals surface area contributed by atoms with Crippen LogP contribution in [-0.4, -0.2) is 93.3 Å². The lowest BCUT2D eigenvalue weighted by Crippen LogP contribution is -2.49. The normalized spacial score (nSPS) is 26.8. The Labute approximate surface area is 307 Å². The van der Waals surface area contributed by atoms with Crippen molar-refractivity contribution in [3.63, 3.8) is 0 Å². The lowest BCUT2D eigenvalue weighted by atomic mass is 9.82. The zero-order valence-corrected chi connectivity index (χ0v) is 34.0. The Kier molecular flexibility index (Phi) is 20.7. The number of Topliss-reactive ketones (excluding diaryl/α,β-unsaturated/α-hetero) is 2. The summed E-state index contributed by atoms with van der Waals surface area (Å²) in [5.74, 6) is -2.81. The molecular weight excluding hydrogens is 662 g/mol. The lowest BCUT2D eigenvalue weighted by molar-refractivity contribution is -0.266. The van der Waals surface area contributed by atoms with Gasteiger partial charge in [0.05, 0.1) is 23.9 Å². The summed E-state index contributed by atoms with van der Waals surface area (Å²) in [6.07, 6.45) is 2.39. The van der Waals surface area contributed by atoms with Gasteiger partial charge in [0, 0.05) is 31.0 Å². The maximum absolute atomic E-state index is 12.7. The number of esters is 1. The number of hydrogen-bond acceptors (Lipinski definition) is 10. The van der Waals surface area contributed by atoms with Crippen molar-refractivity contribution in [2.45, 2.75) is 163 Å². The smallest absolute Gasteiger partial charge is 0.316 e. The first-order valence-electron chi connectivity index (χ1n) is 17.9. The second-order valence-electron chi connectivity index (χ2n) is 15.3. The van der Waals surface area contributed by atoms with Gasteiger partial charge < -0.3 is 29.5 Å². The molecule has 2 bridgehead atoms. The van der Waals surface area contributed by atoms with Gasteiger partial charge in [0.1, 0.15) is 29.2 Å². The van der Waals surface area contributed by atoms with Crippen LogP contribution in [0.1, 0.15) is 121 Å². The molecule has 0 saturated carbocycles. The van der Waals surface area contributed by atoms with Crippen LogP contribution in [0.4, 0.5) is 0 Å². The van der Waals surface area contributed by atoms with E-state index in [9.17, 15) is 24.6 Å². The first kappa shape index (κ1) is 48.1. The number of halogens is 1. The predicted molar refractivity (Wildman–Crippen MR) is 199 cm³/mol. The number of benzene rings is 1. The number of hydrogen-bond donors (Lipinski definition) is 3. The SMILES string of the molecule is CC(=O)C(CC(C)O)N(C)Cc1ccc(Cl)cc1.CC1C[C@]2(C)CC(C)C(CC(C(C)(C)OC(C)(C)O)OC(=O)[C@H](C)C1=O)O2.CCC.CO. The van der Waals surface area contributed by atoms with E-state index >= 15 is 0 Å². The van der Waals surface area contributed by atoms with E-state index in [-0.39, 0.29) is 35.5 Å². The fourth-order valence-electron chi connectivity index (χ4n) is 6.65. The Morgan fingerprint density at radius 1 is 1.08 bits per heavy atom. The molecular formula is C39H68ClNO9. The van der Waals surface area contributed by atoms with E-state index in [1.807, 2.05) is 50.1 Å². The van der Waals surface area contributed by atoms with Gasteiger partial charge in [-0.3, -0.25) is 19.3 Å². The fraction of sp³-hybridized carbons (Fsp3) is 0.769. The van der Waals surface area contributed by atoms with Gasteiger partial charge in [0.25, 0.3) is 0 Å². The Hall–Kier alpha value is -1.92. The number of ether oxygens (including phenoxy) is 3. The highest BCUT2D eigenvalue weighted by atomic mass is 35.5.